The van der Waals surface area contributed by atoms with Gasteiger partial charge in [0.15, 0.2) is 11.5 Å². The predicted molar refractivity (Wildman–Crippen MR) is 88.6 cm³/mol. The summed E-state index contributed by atoms with van der Waals surface area (Å²) in [6.45, 7) is 3.45. The summed E-state index contributed by atoms with van der Waals surface area (Å²) in [5, 5.41) is 14.8. The number of hydrogen-bond acceptors (Lipinski definition) is 5. The molecule has 0 unspecified atom stereocenters. The summed E-state index contributed by atoms with van der Waals surface area (Å²) in [6, 6.07) is 6.21. The van der Waals surface area contributed by atoms with Gasteiger partial charge in [-0.1, -0.05) is 18.9 Å². The van der Waals surface area contributed by atoms with E-state index in [1.165, 1.54) is 44.3 Å². The van der Waals surface area contributed by atoms with Crippen molar-refractivity contribution in [3.63, 3.8) is 0 Å². The van der Waals surface area contributed by atoms with E-state index in [-0.39, 0.29) is 0 Å². The zero-order valence-electron chi connectivity index (χ0n) is 14.2. The molecular weight excluding hydrogens is 314 g/mol. The lowest BCUT2D eigenvalue weighted by Crippen LogP contribution is -2.23. The Bertz CT molecular complexity index is 526. The minimum atomic E-state index is -1.82. The number of carboxylic acids is 2. The van der Waals surface area contributed by atoms with Crippen molar-refractivity contribution < 1.29 is 29.3 Å². The maximum atomic E-state index is 9.10. The van der Waals surface area contributed by atoms with Gasteiger partial charge in [-0.3, -0.25) is 4.90 Å². The largest absolute Gasteiger partial charge is 0.493 e. The Morgan fingerprint density at radius 1 is 0.958 bits per heavy atom. The average molecular weight is 339 g/mol. The van der Waals surface area contributed by atoms with E-state index in [4.69, 9.17) is 29.3 Å². The molecule has 1 heterocycles. The maximum absolute atomic E-state index is 9.10. The van der Waals surface area contributed by atoms with Crippen LogP contribution in [0.25, 0.3) is 0 Å². The van der Waals surface area contributed by atoms with Gasteiger partial charge in [-0.25, -0.2) is 9.59 Å². The lowest BCUT2D eigenvalue weighted by molar-refractivity contribution is -0.159. The van der Waals surface area contributed by atoms with Gasteiger partial charge in [0.2, 0.25) is 0 Å². The standard InChI is InChI=1S/C15H23NO2.C2H2O4/c1-17-14-8-7-13(11-15(14)18-2)12-16-9-5-3-4-6-10-16;3-1(4)2(5)6/h7-8,11H,3-6,9-10,12H2,1-2H3;(H,3,4)(H,5,6). The summed E-state index contributed by atoms with van der Waals surface area (Å²) in [5.41, 5.74) is 1.30. The second kappa shape index (κ2) is 10.5. The monoisotopic (exact) mass is 339 g/mol. The van der Waals surface area contributed by atoms with Crippen LogP contribution in [-0.2, 0) is 16.1 Å². The smallest absolute Gasteiger partial charge is 0.414 e. The number of rotatable bonds is 4. The van der Waals surface area contributed by atoms with Gasteiger partial charge in [0.25, 0.3) is 0 Å². The van der Waals surface area contributed by atoms with Crippen molar-refractivity contribution in [2.24, 2.45) is 0 Å². The lowest BCUT2D eigenvalue weighted by Gasteiger charge is -2.20. The molecule has 1 aromatic carbocycles. The molecule has 134 valence electrons. The van der Waals surface area contributed by atoms with Crippen LogP contribution < -0.4 is 9.47 Å². The highest BCUT2D eigenvalue weighted by atomic mass is 16.5. The molecule has 24 heavy (non-hydrogen) atoms. The number of methoxy groups -OCH3 is 2. The highest BCUT2D eigenvalue weighted by molar-refractivity contribution is 6.27. The molecule has 0 bridgehead atoms. The van der Waals surface area contributed by atoms with Crippen LogP contribution in [0.5, 0.6) is 11.5 Å². The van der Waals surface area contributed by atoms with E-state index in [1.807, 2.05) is 6.07 Å². The van der Waals surface area contributed by atoms with Gasteiger partial charge < -0.3 is 19.7 Å². The molecule has 7 heteroatoms. The molecule has 0 amide bonds. The highest BCUT2D eigenvalue weighted by Gasteiger charge is 2.11. The van der Waals surface area contributed by atoms with Crippen molar-refractivity contribution in [1.82, 2.24) is 4.90 Å². The fourth-order valence-corrected chi connectivity index (χ4v) is 2.53. The molecule has 0 radical (unpaired) electrons. The molecule has 1 aromatic rings. The fourth-order valence-electron chi connectivity index (χ4n) is 2.53. The number of aliphatic carboxylic acids is 2. The van der Waals surface area contributed by atoms with Crippen LogP contribution in [-0.4, -0.2) is 54.4 Å². The van der Waals surface area contributed by atoms with Crippen LogP contribution in [0.3, 0.4) is 0 Å². The van der Waals surface area contributed by atoms with Crippen molar-refractivity contribution in [3.8, 4) is 11.5 Å². The van der Waals surface area contributed by atoms with Crippen LogP contribution >= 0.6 is 0 Å². The quantitative estimate of drug-likeness (QED) is 0.812. The molecule has 1 aliphatic heterocycles. The molecule has 0 aromatic heterocycles. The Kier molecular flexibility index (Phi) is 8.64. The molecule has 7 nitrogen and oxygen atoms in total. The Morgan fingerprint density at radius 3 is 1.96 bits per heavy atom. The van der Waals surface area contributed by atoms with E-state index in [2.05, 4.69) is 17.0 Å². The molecule has 1 saturated heterocycles. The number of carbonyl (C=O) groups is 2. The average Bonchev–Trinajstić information content (AvgIpc) is 2.83. The highest BCUT2D eigenvalue weighted by Crippen LogP contribution is 2.28. The van der Waals surface area contributed by atoms with Gasteiger partial charge >= 0.3 is 11.9 Å². The van der Waals surface area contributed by atoms with Crippen LogP contribution in [0.1, 0.15) is 31.2 Å². The van der Waals surface area contributed by atoms with Crippen LogP contribution in [0.2, 0.25) is 0 Å². The summed E-state index contributed by atoms with van der Waals surface area (Å²) in [6.07, 6.45) is 5.41. The number of ether oxygens (including phenoxy) is 2. The Hall–Kier alpha value is -2.28. The summed E-state index contributed by atoms with van der Waals surface area (Å²) in [7, 11) is 3.36. The summed E-state index contributed by atoms with van der Waals surface area (Å²) < 4.78 is 10.6. The van der Waals surface area contributed by atoms with E-state index in [0.29, 0.717) is 0 Å². The van der Waals surface area contributed by atoms with Crippen molar-refractivity contribution >= 4 is 11.9 Å². The van der Waals surface area contributed by atoms with Crippen LogP contribution in [0.4, 0.5) is 0 Å². The van der Waals surface area contributed by atoms with Gasteiger partial charge in [0, 0.05) is 6.54 Å². The van der Waals surface area contributed by atoms with Gasteiger partial charge in [0.05, 0.1) is 14.2 Å². The Morgan fingerprint density at radius 2 is 1.50 bits per heavy atom. The summed E-state index contributed by atoms with van der Waals surface area (Å²) in [4.78, 5) is 20.7. The first-order valence-electron chi connectivity index (χ1n) is 7.87. The van der Waals surface area contributed by atoms with Crippen LogP contribution in [0.15, 0.2) is 18.2 Å². The third-order valence-corrected chi connectivity index (χ3v) is 3.74. The van der Waals surface area contributed by atoms with Crippen molar-refractivity contribution in [2.45, 2.75) is 32.2 Å². The third-order valence-electron chi connectivity index (χ3n) is 3.74. The lowest BCUT2D eigenvalue weighted by atomic mass is 10.2. The van der Waals surface area contributed by atoms with Crippen molar-refractivity contribution in [2.75, 3.05) is 27.3 Å². The molecule has 2 rings (SSSR count). The maximum Gasteiger partial charge on any atom is 0.414 e. The van der Waals surface area contributed by atoms with E-state index in [9.17, 15) is 0 Å². The number of likely N-dealkylation sites (tertiary alicyclic amines) is 1. The van der Waals surface area contributed by atoms with Gasteiger partial charge in [-0.2, -0.15) is 0 Å². The molecule has 1 aliphatic rings. The second-order valence-corrected chi connectivity index (χ2v) is 5.49. The summed E-state index contributed by atoms with van der Waals surface area (Å²) >= 11 is 0. The second-order valence-electron chi connectivity index (χ2n) is 5.49. The van der Waals surface area contributed by atoms with E-state index >= 15 is 0 Å². The fraction of sp³-hybridized carbons (Fsp3) is 0.529. The van der Waals surface area contributed by atoms with E-state index < -0.39 is 11.9 Å². The van der Waals surface area contributed by atoms with E-state index in [0.717, 1.165) is 18.0 Å². The SMILES string of the molecule is COc1ccc(CN2CCCCCC2)cc1OC.O=C(O)C(=O)O. The molecule has 1 fully saturated rings. The number of nitrogens with zero attached hydrogens (tertiary/aromatic N) is 1. The van der Waals surface area contributed by atoms with Crippen molar-refractivity contribution in [3.05, 3.63) is 23.8 Å². The molecule has 0 aliphatic carbocycles. The van der Waals surface area contributed by atoms with Gasteiger partial charge in [-0.05, 0) is 43.6 Å². The predicted octanol–water partition coefficient (Wildman–Crippen LogP) is 2.24. The number of carboxylic acid groups (broad SMARTS) is 2. The number of benzene rings is 1. The molecule has 0 atom stereocenters. The Labute approximate surface area is 141 Å². The molecule has 0 saturated carbocycles. The zero-order chi connectivity index (χ0) is 17.9. The Balaban J connectivity index is 0.000000413. The number of hydrogen-bond donors (Lipinski definition) is 2. The van der Waals surface area contributed by atoms with E-state index in [1.54, 1.807) is 14.2 Å². The first-order valence-corrected chi connectivity index (χ1v) is 7.87. The first kappa shape index (κ1) is 19.8. The topological polar surface area (TPSA) is 96.3 Å². The zero-order valence-corrected chi connectivity index (χ0v) is 14.2. The molecule has 0 spiro atoms. The normalized spacial score (nSPS) is 14.8. The molecular formula is C17H25NO6. The van der Waals surface area contributed by atoms with Gasteiger partial charge in [0.1, 0.15) is 0 Å². The molecule has 2 N–H and O–H groups in total. The van der Waals surface area contributed by atoms with Crippen LogP contribution in [0, 0.1) is 0 Å². The third kappa shape index (κ3) is 6.87. The van der Waals surface area contributed by atoms with Gasteiger partial charge in [-0.15, -0.1) is 0 Å². The summed E-state index contributed by atoms with van der Waals surface area (Å²) in [5.74, 6) is -2.02. The minimum absolute atomic E-state index is 0.803. The van der Waals surface area contributed by atoms with Crippen molar-refractivity contribution in [1.29, 1.82) is 0 Å². The minimum Gasteiger partial charge on any atom is -0.493 e. The first-order chi connectivity index (χ1) is 11.5.